The molecule has 0 heterocycles. The summed E-state index contributed by atoms with van der Waals surface area (Å²) in [6.07, 6.45) is 0. The number of carbonyl (C=O) groups is 1. The Morgan fingerprint density at radius 1 is 1.20 bits per heavy atom. The van der Waals surface area contributed by atoms with E-state index in [1.807, 2.05) is 0 Å². The maximum atomic E-state index is 9.48. The third-order valence-electron chi connectivity index (χ3n) is 0.197. The fourth-order valence-electron chi connectivity index (χ4n) is 0.0691. The summed E-state index contributed by atoms with van der Waals surface area (Å²) in [6.45, 7) is 0.972. The van der Waals surface area contributed by atoms with Gasteiger partial charge in [0.1, 0.15) is 0 Å². The van der Waals surface area contributed by atoms with E-state index in [9.17, 15) is 21.4 Å². The van der Waals surface area contributed by atoms with Gasteiger partial charge in [-0.3, -0.25) is 4.55 Å². The van der Waals surface area contributed by atoms with Crippen LogP contribution in [0, 0.1) is 0 Å². The van der Waals surface area contributed by atoms with Gasteiger partial charge in [-0.25, -0.2) is 8.42 Å². The Labute approximate surface area is 97.8 Å². The number of carboxylic acids is 1. The largest absolute Gasteiger partial charge is 2.00 e. The minimum atomic E-state index is -5.27. The Bertz CT molecular complexity index is 328. The van der Waals surface area contributed by atoms with Crippen molar-refractivity contribution in [2.75, 3.05) is 0 Å². The second kappa shape index (κ2) is 8.04. The van der Waals surface area contributed by atoms with Crippen LogP contribution in [0.15, 0.2) is 0 Å². The summed E-state index contributed by atoms with van der Waals surface area (Å²) in [5.41, 5.74) is 0. The van der Waals surface area contributed by atoms with E-state index in [1.54, 1.807) is 0 Å². The Hall–Kier alpha value is -0.167. The standard InChI is InChI=1S/C2H4O2.H2O8S2.Zn/c1-2(3)4;1-9(2,3)7-8-10(4,5)6;/h1H3,(H,3,4);(H,1,2,3)(H,4,5,6);/q;;+2/p-2. The quantitative estimate of drug-likeness (QED) is 0.185. The molecule has 0 aromatic heterocycles. The van der Waals surface area contributed by atoms with Gasteiger partial charge < -0.3 is 14.5 Å². The molecule has 0 rings (SSSR count). The van der Waals surface area contributed by atoms with Crippen molar-refractivity contribution in [1.29, 1.82) is 0 Å². The Morgan fingerprint density at radius 3 is 1.53 bits per heavy atom. The third-order valence-corrected chi connectivity index (χ3v) is 0.758. The molecule has 0 aliphatic rings. The van der Waals surface area contributed by atoms with Crippen LogP contribution in [0.1, 0.15) is 6.92 Å². The van der Waals surface area contributed by atoms with Gasteiger partial charge in [0.15, 0.2) is 0 Å². The van der Waals surface area contributed by atoms with Gasteiger partial charge in [0.2, 0.25) is 10.4 Å². The molecule has 0 bridgehead atoms. The van der Waals surface area contributed by atoms with Crippen molar-refractivity contribution in [3.8, 4) is 0 Å². The smallest absolute Gasteiger partial charge is 0.724 e. The van der Waals surface area contributed by atoms with E-state index in [4.69, 9.17) is 14.5 Å². The predicted molar refractivity (Wildman–Crippen MR) is 34.1 cm³/mol. The molecule has 0 unspecified atom stereocenters. The molecule has 10 nitrogen and oxygen atoms in total. The fourth-order valence-corrected chi connectivity index (χ4v) is 0.622. The van der Waals surface area contributed by atoms with Crippen LogP contribution in [0.2, 0.25) is 0 Å². The zero-order chi connectivity index (χ0) is 12.0. The topological polar surface area (TPSA) is 170 Å². The molecule has 0 aliphatic carbocycles. The van der Waals surface area contributed by atoms with Crippen molar-refractivity contribution in [2.45, 2.75) is 6.92 Å². The maximum Gasteiger partial charge on any atom is 2.00 e. The van der Waals surface area contributed by atoms with Crippen LogP contribution in [0.25, 0.3) is 0 Å². The maximum absolute atomic E-state index is 9.48. The first-order valence-electron chi connectivity index (χ1n) is 2.42. The van der Waals surface area contributed by atoms with Crippen molar-refractivity contribution in [2.24, 2.45) is 0 Å². The SMILES string of the molecule is CC(=O)[O-].O=S(=O)([O-])OOS(=O)(=O)O.[Zn+2]. The van der Waals surface area contributed by atoms with Gasteiger partial charge >= 0.3 is 29.9 Å². The van der Waals surface area contributed by atoms with Gasteiger partial charge in [-0.1, -0.05) is 8.67 Å². The molecular weight excluding hydrogens is 314 g/mol. The van der Waals surface area contributed by atoms with Gasteiger partial charge in [0.25, 0.3) is 0 Å². The monoisotopic (exact) mass is 316 g/mol. The van der Waals surface area contributed by atoms with E-state index < -0.39 is 26.8 Å². The van der Waals surface area contributed by atoms with E-state index >= 15 is 0 Å². The van der Waals surface area contributed by atoms with E-state index in [0.29, 0.717) is 0 Å². The van der Waals surface area contributed by atoms with Crippen LogP contribution in [0.4, 0.5) is 0 Å². The molecule has 15 heavy (non-hydrogen) atoms. The van der Waals surface area contributed by atoms with Crippen molar-refractivity contribution >= 4 is 26.8 Å². The Balaban J connectivity index is -0.000000249. The minimum absolute atomic E-state index is 0. The summed E-state index contributed by atoms with van der Waals surface area (Å²) in [6, 6.07) is 0. The predicted octanol–water partition coefficient (Wildman–Crippen LogP) is -3.05. The van der Waals surface area contributed by atoms with Gasteiger partial charge in [-0.05, 0) is 6.92 Å². The molecule has 0 amide bonds. The van der Waals surface area contributed by atoms with E-state index in [-0.39, 0.29) is 19.5 Å². The van der Waals surface area contributed by atoms with Crippen LogP contribution in [0.5, 0.6) is 0 Å². The molecule has 0 spiro atoms. The number of rotatable bonds is 3. The summed E-state index contributed by atoms with van der Waals surface area (Å²) >= 11 is 0. The number of hydrogen-bond acceptors (Lipinski definition) is 9. The molecule has 0 saturated heterocycles. The minimum Gasteiger partial charge on any atom is -0.724 e. The first-order valence-corrected chi connectivity index (χ1v) is 5.12. The molecular formula is C2H4O10S2Zn. The van der Waals surface area contributed by atoms with E-state index in [2.05, 4.69) is 8.67 Å². The fraction of sp³-hybridized carbons (Fsp3) is 0.500. The molecule has 0 aliphatic heterocycles. The van der Waals surface area contributed by atoms with Crippen molar-refractivity contribution in [3.05, 3.63) is 0 Å². The Morgan fingerprint density at radius 2 is 1.47 bits per heavy atom. The number of aliphatic carboxylic acids is 1. The average molecular weight is 318 g/mol. The van der Waals surface area contributed by atoms with Gasteiger partial charge in [-0.2, -0.15) is 8.42 Å². The van der Waals surface area contributed by atoms with Crippen LogP contribution < -0.4 is 5.11 Å². The van der Waals surface area contributed by atoms with Gasteiger partial charge in [0.05, 0.1) is 0 Å². The van der Waals surface area contributed by atoms with Gasteiger partial charge in [-0.15, -0.1) is 0 Å². The number of carbonyl (C=O) groups excluding carboxylic acids is 1. The van der Waals surface area contributed by atoms with E-state index in [1.165, 1.54) is 0 Å². The summed E-state index contributed by atoms with van der Waals surface area (Å²) in [4.78, 5) is 8.89. The third kappa shape index (κ3) is 41.5. The van der Waals surface area contributed by atoms with Crippen LogP contribution in [0.3, 0.4) is 0 Å². The van der Waals surface area contributed by atoms with Crippen LogP contribution >= 0.6 is 0 Å². The normalized spacial score (nSPS) is 10.6. The summed E-state index contributed by atoms with van der Waals surface area (Å²) in [5.74, 6) is -1.08. The number of carboxylic acid groups (broad SMARTS) is 1. The molecule has 1 N–H and O–H groups in total. The second-order valence-corrected chi connectivity index (χ2v) is 3.41. The molecule has 0 saturated carbocycles. The zero-order valence-electron chi connectivity index (χ0n) is 7.15. The first-order chi connectivity index (χ1) is 5.94. The molecule has 13 heteroatoms. The summed E-state index contributed by atoms with van der Waals surface area (Å²) in [7, 11) is -10.3. The van der Waals surface area contributed by atoms with E-state index in [0.717, 1.165) is 6.92 Å². The van der Waals surface area contributed by atoms with Crippen molar-refractivity contribution in [3.63, 3.8) is 0 Å². The molecule has 86 valence electrons. The molecule has 0 aromatic rings. The van der Waals surface area contributed by atoms with Gasteiger partial charge in [0, 0.05) is 5.97 Å². The van der Waals surface area contributed by atoms with Crippen molar-refractivity contribution < 1.29 is 64.0 Å². The molecule has 0 radical (unpaired) electrons. The molecule has 0 fully saturated rings. The van der Waals surface area contributed by atoms with Crippen LogP contribution in [-0.4, -0.2) is 31.9 Å². The second-order valence-electron chi connectivity index (χ2n) is 1.46. The summed E-state index contributed by atoms with van der Waals surface area (Å²) < 4.78 is 60.2. The molecule has 0 aromatic carbocycles. The zero-order valence-corrected chi connectivity index (χ0v) is 11.7. The number of hydrogen-bond donors (Lipinski definition) is 1. The van der Waals surface area contributed by atoms with Crippen LogP contribution in [-0.2, 0) is 53.7 Å². The Kier molecular flexibility index (Phi) is 10.9. The summed E-state index contributed by atoms with van der Waals surface area (Å²) in [5, 5.41) is 8.89. The molecule has 0 atom stereocenters. The first kappa shape index (κ1) is 20.3. The average Bonchev–Trinajstić information content (AvgIpc) is 1.79. The van der Waals surface area contributed by atoms with Crippen molar-refractivity contribution in [1.82, 2.24) is 0 Å².